The molecular formula is C14H27N3. The van der Waals surface area contributed by atoms with Crippen LogP contribution in [0.25, 0.3) is 0 Å². The molecule has 3 heteroatoms. The van der Waals surface area contributed by atoms with E-state index in [0.29, 0.717) is 17.5 Å². The first-order chi connectivity index (χ1) is 7.81. The van der Waals surface area contributed by atoms with Crippen LogP contribution in [0.5, 0.6) is 0 Å². The first-order valence-corrected chi connectivity index (χ1v) is 6.53. The normalized spacial score (nSPS) is 14.3. The van der Waals surface area contributed by atoms with Gasteiger partial charge in [0.2, 0.25) is 0 Å². The van der Waals surface area contributed by atoms with E-state index in [2.05, 4.69) is 57.3 Å². The molecule has 3 nitrogen and oxygen atoms in total. The van der Waals surface area contributed by atoms with Crippen molar-refractivity contribution in [3.63, 3.8) is 0 Å². The summed E-state index contributed by atoms with van der Waals surface area (Å²) in [5.41, 5.74) is 1.54. The highest BCUT2D eigenvalue weighted by atomic mass is 15.3. The average molecular weight is 237 g/mol. The van der Waals surface area contributed by atoms with Crippen LogP contribution in [0.2, 0.25) is 0 Å². The first-order valence-electron chi connectivity index (χ1n) is 6.53. The van der Waals surface area contributed by atoms with E-state index < -0.39 is 0 Å². The predicted octanol–water partition coefficient (Wildman–Crippen LogP) is 3.03. The highest BCUT2D eigenvalue weighted by Gasteiger charge is 2.18. The molecule has 0 aliphatic heterocycles. The highest BCUT2D eigenvalue weighted by Crippen LogP contribution is 2.22. The number of rotatable bonds is 5. The van der Waals surface area contributed by atoms with Gasteiger partial charge in [-0.2, -0.15) is 5.10 Å². The van der Waals surface area contributed by atoms with Gasteiger partial charge in [0.25, 0.3) is 0 Å². The maximum Gasteiger partial charge on any atom is 0.0640 e. The third-order valence-corrected chi connectivity index (χ3v) is 2.92. The van der Waals surface area contributed by atoms with Gasteiger partial charge in [0.15, 0.2) is 0 Å². The maximum absolute atomic E-state index is 4.60. The Bertz CT molecular complexity index is 333. The molecule has 0 amide bonds. The lowest BCUT2D eigenvalue weighted by Crippen LogP contribution is -2.32. The second kappa shape index (κ2) is 5.67. The van der Waals surface area contributed by atoms with Gasteiger partial charge in [0, 0.05) is 24.7 Å². The molecule has 1 heterocycles. The summed E-state index contributed by atoms with van der Waals surface area (Å²) >= 11 is 0. The summed E-state index contributed by atoms with van der Waals surface area (Å²) in [4.78, 5) is 0. The van der Waals surface area contributed by atoms with Crippen LogP contribution in [0.4, 0.5) is 0 Å². The van der Waals surface area contributed by atoms with Crippen molar-refractivity contribution in [1.29, 1.82) is 0 Å². The van der Waals surface area contributed by atoms with Crippen LogP contribution in [-0.2, 0) is 6.42 Å². The van der Waals surface area contributed by atoms with E-state index in [1.165, 1.54) is 5.69 Å². The van der Waals surface area contributed by atoms with Gasteiger partial charge in [0.05, 0.1) is 5.69 Å². The van der Waals surface area contributed by atoms with Crippen molar-refractivity contribution >= 4 is 0 Å². The van der Waals surface area contributed by atoms with Crippen LogP contribution in [0.3, 0.4) is 0 Å². The summed E-state index contributed by atoms with van der Waals surface area (Å²) in [5.74, 6) is 0. The van der Waals surface area contributed by atoms with E-state index in [-0.39, 0.29) is 0 Å². The SMILES string of the molecule is CNC(Cc1ccn(C(C)C)n1)CC(C)(C)C. The van der Waals surface area contributed by atoms with Gasteiger partial charge >= 0.3 is 0 Å². The van der Waals surface area contributed by atoms with Crippen LogP contribution >= 0.6 is 0 Å². The Balaban J connectivity index is 2.61. The van der Waals surface area contributed by atoms with Crippen LogP contribution in [-0.4, -0.2) is 22.9 Å². The van der Waals surface area contributed by atoms with Gasteiger partial charge < -0.3 is 5.32 Å². The van der Waals surface area contributed by atoms with Gasteiger partial charge in [-0.1, -0.05) is 20.8 Å². The van der Waals surface area contributed by atoms with Gasteiger partial charge in [-0.3, -0.25) is 4.68 Å². The Morgan fingerprint density at radius 2 is 2.00 bits per heavy atom. The summed E-state index contributed by atoms with van der Waals surface area (Å²) in [6.45, 7) is 11.2. The minimum atomic E-state index is 0.355. The zero-order valence-electron chi connectivity index (χ0n) is 12.1. The third kappa shape index (κ3) is 4.90. The number of aromatic nitrogens is 2. The lowest BCUT2D eigenvalue weighted by atomic mass is 9.86. The molecule has 0 spiro atoms. The van der Waals surface area contributed by atoms with E-state index in [1.54, 1.807) is 0 Å². The van der Waals surface area contributed by atoms with E-state index in [1.807, 2.05) is 11.7 Å². The summed E-state index contributed by atoms with van der Waals surface area (Å²) < 4.78 is 2.03. The zero-order chi connectivity index (χ0) is 13.1. The molecule has 98 valence electrons. The topological polar surface area (TPSA) is 29.9 Å². The Labute approximate surface area is 106 Å². The van der Waals surface area contributed by atoms with E-state index >= 15 is 0 Å². The molecule has 0 aliphatic rings. The lowest BCUT2D eigenvalue weighted by molar-refractivity contribution is 0.314. The van der Waals surface area contributed by atoms with E-state index in [0.717, 1.165) is 12.8 Å². The summed E-state index contributed by atoms with van der Waals surface area (Å²) in [7, 11) is 2.04. The second-order valence-corrected chi connectivity index (χ2v) is 6.34. The zero-order valence-corrected chi connectivity index (χ0v) is 12.1. The van der Waals surface area contributed by atoms with Gasteiger partial charge in [-0.05, 0) is 38.8 Å². The third-order valence-electron chi connectivity index (χ3n) is 2.92. The molecular weight excluding hydrogens is 210 g/mol. The molecule has 17 heavy (non-hydrogen) atoms. The molecule has 0 aliphatic carbocycles. The summed E-state index contributed by atoms with van der Waals surface area (Å²) in [6.07, 6.45) is 4.25. The smallest absolute Gasteiger partial charge is 0.0640 e. The van der Waals surface area contributed by atoms with Crippen LogP contribution in [0, 0.1) is 5.41 Å². The maximum atomic E-state index is 4.60. The number of nitrogens with zero attached hydrogens (tertiary/aromatic N) is 2. The minimum absolute atomic E-state index is 0.355. The van der Waals surface area contributed by atoms with Gasteiger partial charge in [0.1, 0.15) is 0 Å². The Hall–Kier alpha value is -0.830. The van der Waals surface area contributed by atoms with Crippen LogP contribution in [0.15, 0.2) is 12.3 Å². The fraction of sp³-hybridized carbons (Fsp3) is 0.786. The number of hydrogen-bond acceptors (Lipinski definition) is 2. The van der Waals surface area contributed by atoms with Crippen molar-refractivity contribution in [3.05, 3.63) is 18.0 Å². The average Bonchev–Trinajstić information content (AvgIpc) is 2.63. The predicted molar refractivity (Wildman–Crippen MR) is 73.2 cm³/mol. The molecule has 1 atom stereocenters. The van der Waals surface area contributed by atoms with Crippen molar-refractivity contribution < 1.29 is 0 Å². The molecule has 1 aromatic rings. The molecule has 0 saturated carbocycles. The number of nitrogens with one attached hydrogen (secondary N) is 1. The largest absolute Gasteiger partial charge is 0.317 e. The molecule has 1 rings (SSSR count). The summed E-state index contributed by atoms with van der Waals surface area (Å²) in [5, 5.41) is 8.00. The monoisotopic (exact) mass is 237 g/mol. The quantitative estimate of drug-likeness (QED) is 0.853. The lowest BCUT2D eigenvalue weighted by Gasteiger charge is -2.25. The van der Waals surface area contributed by atoms with Crippen molar-refractivity contribution in [2.24, 2.45) is 5.41 Å². The Morgan fingerprint density at radius 3 is 2.41 bits per heavy atom. The molecule has 1 unspecified atom stereocenters. The molecule has 0 bridgehead atoms. The van der Waals surface area contributed by atoms with Crippen LogP contribution < -0.4 is 5.32 Å². The molecule has 1 aromatic heterocycles. The van der Waals surface area contributed by atoms with E-state index in [4.69, 9.17) is 0 Å². The fourth-order valence-corrected chi connectivity index (χ4v) is 2.04. The van der Waals surface area contributed by atoms with Crippen molar-refractivity contribution in [2.75, 3.05) is 7.05 Å². The van der Waals surface area contributed by atoms with E-state index in [9.17, 15) is 0 Å². The number of hydrogen-bond donors (Lipinski definition) is 1. The van der Waals surface area contributed by atoms with Gasteiger partial charge in [-0.25, -0.2) is 0 Å². The molecule has 0 saturated heterocycles. The number of likely N-dealkylation sites (N-methyl/N-ethyl adjacent to an activating group) is 1. The van der Waals surface area contributed by atoms with Crippen molar-refractivity contribution in [2.45, 2.75) is 59.5 Å². The summed E-state index contributed by atoms with van der Waals surface area (Å²) in [6, 6.07) is 3.08. The van der Waals surface area contributed by atoms with Crippen molar-refractivity contribution in [1.82, 2.24) is 15.1 Å². The van der Waals surface area contributed by atoms with Gasteiger partial charge in [-0.15, -0.1) is 0 Å². The highest BCUT2D eigenvalue weighted by molar-refractivity contribution is 5.02. The molecule has 0 aromatic carbocycles. The second-order valence-electron chi connectivity index (χ2n) is 6.34. The Kier molecular flexibility index (Phi) is 4.75. The molecule has 0 radical (unpaired) electrons. The fourth-order valence-electron chi connectivity index (χ4n) is 2.04. The van der Waals surface area contributed by atoms with Crippen LogP contribution in [0.1, 0.15) is 52.8 Å². The van der Waals surface area contributed by atoms with Crippen molar-refractivity contribution in [3.8, 4) is 0 Å². The molecule has 1 N–H and O–H groups in total. The minimum Gasteiger partial charge on any atom is -0.317 e. The first kappa shape index (κ1) is 14.2. The Morgan fingerprint density at radius 1 is 1.35 bits per heavy atom. The standard InChI is InChI=1S/C14H27N3/c1-11(2)17-8-7-12(16-17)9-13(15-6)10-14(3,4)5/h7-8,11,13,15H,9-10H2,1-6H3. The molecule has 0 fully saturated rings.